The SMILES string of the molecule is CCc1c(F)ccc2cc(OCOC)cc(-c3ccc4c(N5C[C@H]6CC[C@@H](C5)N6C(=O)O)nc(OC[C@@]56CCCN5C[C@H](F)C6)nc4c3F)c12. The van der Waals surface area contributed by atoms with Crippen LogP contribution in [0.1, 0.15) is 44.6 Å². The molecule has 10 nitrogen and oxygen atoms in total. The molecular formula is C37H40F3N5O5. The van der Waals surface area contributed by atoms with E-state index < -0.39 is 23.6 Å². The van der Waals surface area contributed by atoms with Crippen LogP contribution >= 0.6 is 0 Å². The summed E-state index contributed by atoms with van der Waals surface area (Å²) >= 11 is 0. The summed E-state index contributed by atoms with van der Waals surface area (Å²) in [5.74, 6) is -0.128. The second-order valence-corrected chi connectivity index (χ2v) is 14.0. The predicted molar refractivity (Wildman–Crippen MR) is 182 cm³/mol. The van der Waals surface area contributed by atoms with Gasteiger partial charge in [-0.15, -0.1) is 0 Å². The van der Waals surface area contributed by atoms with Crippen LogP contribution in [0.15, 0.2) is 36.4 Å². The summed E-state index contributed by atoms with van der Waals surface area (Å²) in [7, 11) is 1.51. The molecule has 0 unspecified atom stereocenters. The first kappa shape index (κ1) is 32.8. The van der Waals surface area contributed by atoms with Crippen molar-refractivity contribution in [3.05, 3.63) is 53.6 Å². The van der Waals surface area contributed by atoms with Gasteiger partial charge in [-0.25, -0.2) is 18.0 Å². The maximum Gasteiger partial charge on any atom is 0.407 e. The van der Waals surface area contributed by atoms with Crippen molar-refractivity contribution in [2.24, 2.45) is 0 Å². The van der Waals surface area contributed by atoms with E-state index in [1.807, 2.05) is 11.8 Å². The molecule has 4 saturated heterocycles. The van der Waals surface area contributed by atoms with E-state index in [1.54, 1.807) is 30.3 Å². The lowest BCUT2D eigenvalue weighted by Gasteiger charge is -2.40. The van der Waals surface area contributed by atoms with Gasteiger partial charge in [-0.1, -0.05) is 19.1 Å². The highest BCUT2D eigenvalue weighted by molar-refractivity contribution is 6.03. The topological polar surface area (TPSA) is 100 Å². The zero-order chi connectivity index (χ0) is 34.7. The van der Waals surface area contributed by atoms with Crippen molar-refractivity contribution in [1.82, 2.24) is 19.8 Å². The molecule has 264 valence electrons. The van der Waals surface area contributed by atoms with Crippen LogP contribution < -0.4 is 14.4 Å². The minimum absolute atomic E-state index is 0.0243. The van der Waals surface area contributed by atoms with Crippen LogP contribution in [-0.2, 0) is 11.2 Å². The highest BCUT2D eigenvalue weighted by Crippen LogP contribution is 2.43. The summed E-state index contributed by atoms with van der Waals surface area (Å²) < 4.78 is 64.2. The van der Waals surface area contributed by atoms with Crippen LogP contribution in [0, 0.1) is 11.6 Å². The van der Waals surface area contributed by atoms with Crippen molar-refractivity contribution < 1.29 is 37.3 Å². The van der Waals surface area contributed by atoms with Gasteiger partial charge in [0.15, 0.2) is 12.6 Å². The molecule has 4 atom stereocenters. The van der Waals surface area contributed by atoms with Crippen molar-refractivity contribution >= 4 is 33.6 Å². The Kier molecular flexibility index (Phi) is 8.37. The number of rotatable bonds is 9. The maximum absolute atomic E-state index is 17.2. The van der Waals surface area contributed by atoms with Crippen LogP contribution in [0.3, 0.4) is 0 Å². The maximum atomic E-state index is 17.2. The van der Waals surface area contributed by atoms with E-state index >= 15 is 8.78 Å². The highest BCUT2D eigenvalue weighted by Gasteiger charge is 2.49. The van der Waals surface area contributed by atoms with E-state index in [-0.39, 0.29) is 48.4 Å². The largest absolute Gasteiger partial charge is 0.468 e. The number of hydrogen-bond donors (Lipinski definition) is 1. The molecule has 4 aromatic rings. The number of alkyl halides is 1. The number of ether oxygens (including phenoxy) is 3. The Morgan fingerprint density at radius 1 is 1.04 bits per heavy atom. The van der Waals surface area contributed by atoms with E-state index in [1.165, 1.54) is 18.1 Å². The molecule has 1 N–H and O–H groups in total. The Morgan fingerprint density at radius 2 is 1.84 bits per heavy atom. The number of methoxy groups -OCH3 is 1. The molecule has 4 aliphatic heterocycles. The van der Waals surface area contributed by atoms with E-state index in [2.05, 4.69) is 9.88 Å². The number of anilines is 1. The predicted octanol–water partition coefficient (Wildman–Crippen LogP) is 6.56. The quantitative estimate of drug-likeness (QED) is 0.196. The first-order chi connectivity index (χ1) is 24.2. The summed E-state index contributed by atoms with van der Waals surface area (Å²) in [6, 6.07) is 9.47. The number of piperazine rings is 1. The molecule has 0 radical (unpaired) electrons. The van der Waals surface area contributed by atoms with Crippen molar-refractivity contribution in [2.75, 3.05) is 51.6 Å². The number of fused-ring (bicyclic) bond motifs is 5. The lowest BCUT2D eigenvalue weighted by Crippen LogP contribution is -2.55. The number of aromatic nitrogens is 2. The molecule has 0 spiro atoms. The molecule has 1 aromatic heterocycles. The summed E-state index contributed by atoms with van der Waals surface area (Å²) in [6.07, 6.45) is 2.05. The molecular weight excluding hydrogens is 651 g/mol. The second-order valence-electron chi connectivity index (χ2n) is 14.0. The molecule has 0 saturated carbocycles. The number of carbonyl (C=O) groups is 1. The van der Waals surface area contributed by atoms with Crippen molar-refractivity contribution in [2.45, 2.75) is 69.2 Å². The van der Waals surface area contributed by atoms with Gasteiger partial charge in [-0.05, 0) is 84.8 Å². The third-order valence-corrected chi connectivity index (χ3v) is 11.1. The zero-order valence-corrected chi connectivity index (χ0v) is 28.1. The number of aryl methyl sites for hydroxylation is 1. The Morgan fingerprint density at radius 3 is 2.58 bits per heavy atom. The minimum Gasteiger partial charge on any atom is -0.468 e. The van der Waals surface area contributed by atoms with Gasteiger partial charge in [0.05, 0.1) is 17.6 Å². The first-order valence-corrected chi connectivity index (χ1v) is 17.3. The first-order valence-electron chi connectivity index (χ1n) is 17.3. The summed E-state index contributed by atoms with van der Waals surface area (Å²) in [5, 5.41) is 11.6. The molecule has 5 heterocycles. The minimum atomic E-state index is -0.945. The Balaban J connectivity index is 1.27. The van der Waals surface area contributed by atoms with Gasteiger partial charge in [-0.3, -0.25) is 9.80 Å². The zero-order valence-electron chi connectivity index (χ0n) is 28.1. The van der Waals surface area contributed by atoms with E-state index in [0.29, 0.717) is 71.3 Å². The third-order valence-electron chi connectivity index (χ3n) is 11.1. The fraction of sp³-hybridized carbons (Fsp3) is 0.486. The van der Waals surface area contributed by atoms with Crippen LogP contribution in [0.5, 0.6) is 11.8 Å². The van der Waals surface area contributed by atoms with Crippen molar-refractivity contribution in [3.8, 4) is 22.9 Å². The molecule has 3 aromatic carbocycles. The van der Waals surface area contributed by atoms with E-state index in [4.69, 9.17) is 19.2 Å². The summed E-state index contributed by atoms with van der Waals surface area (Å²) in [5.41, 5.74) is 0.663. The van der Waals surface area contributed by atoms with Gasteiger partial charge >= 0.3 is 12.1 Å². The number of amides is 1. The van der Waals surface area contributed by atoms with E-state index in [9.17, 15) is 14.3 Å². The van der Waals surface area contributed by atoms with Crippen molar-refractivity contribution in [1.29, 1.82) is 0 Å². The molecule has 0 aliphatic carbocycles. The molecule has 4 aliphatic rings. The van der Waals surface area contributed by atoms with Gasteiger partial charge in [0.2, 0.25) is 0 Å². The summed E-state index contributed by atoms with van der Waals surface area (Å²) in [4.78, 5) is 27.2. The molecule has 13 heteroatoms. The van der Waals surface area contributed by atoms with Gasteiger partial charge in [0, 0.05) is 44.1 Å². The van der Waals surface area contributed by atoms with Crippen molar-refractivity contribution in [3.63, 3.8) is 0 Å². The number of nitrogens with zero attached hydrogens (tertiary/aromatic N) is 5. The number of carboxylic acid groups (broad SMARTS) is 1. The Bertz CT molecular complexity index is 1970. The standard InChI is InChI=1S/C37H40F3N5O5/c1-3-26-30(39)10-5-21-13-25(50-20-48-2)14-29(31(21)26)27-8-9-28-33(32(27)40)41-35(49-19-37-11-4-12-44(37)16-22(38)15-37)42-34(28)43-17-23-6-7-24(18-43)45(23)36(46)47/h5,8-10,13-14,22-24H,3-4,6-7,11-12,15-20H2,1-2H3,(H,46,47)/t22-,23-,24+,37+/m1/s1. The lowest BCUT2D eigenvalue weighted by atomic mass is 9.92. The average Bonchev–Trinajstić information content (AvgIpc) is 3.73. The monoisotopic (exact) mass is 691 g/mol. The Hall–Kier alpha value is -4.36. The fourth-order valence-corrected chi connectivity index (χ4v) is 8.93. The Labute approximate surface area is 287 Å². The number of halogens is 3. The molecule has 2 bridgehead atoms. The number of benzene rings is 3. The smallest absolute Gasteiger partial charge is 0.407 e. The molecule has 4 fully saturated rings. The average molecular weight is 692 g/mol. The molecule has 50 heavy (non-hydrogen) atoms. The normalized spacial score (nSPS) is 24.8. The van der Waals surface area contributed by atoms with Gasteiger partial charge in [0.25, 0.3) is 0 Å². The summed E-state index contributed by atoms with van der Waals surface area (Å²) in [6.45, 7) is 3.94. The van der Waals surface area contributed by atoms with E-state index in [0.717, 1.165) is 32.2 Å². The number of hydrogen-bond acceptors (Lipinski definition) is 8. The van der Waals surface area contributed by atoms with Crippen LogP contribution in [0.4, 0.5) is 23.8 Å². The molecule has 8 rings (SSSR count). The third kappa shape index (κ3) is 5.45. The van der Waals surface area contributed by atoms with Gasteiger partial charge in [0.1, 0.15) is 35.7 Å². The lowest BCUT2D eigenvalue weighted by molar-refractivity contribution is 0.0512. The van der Waals surface area contributed by atoms with Crippen LogP contribution in [0.25, 0.3) is 32.8 Å². The fourth-order valence-electron chi connectivity index (χ4n) is 8.93. The second kappa shape index (κ2) is 12.8. The van der Waals surface area contributed by atoms with Crippen LogP contribution in [0.2, 0.25) is 0 Å². The highest BCUT2D eigenvalue weighted by atomic mass is 19.1. The van der Waals surface area contributed by atoms with Gasteiger partial charge in [-0.2, -0.15) is 9.97 Å². The molecule has 1 amide bonds. The van der Waals surface area contributed by atoms with Gasteiger partial charge < -0.3 is 24.2 Å². The van der Waals surface area contributed by atoms with Crippen LogP contribution in [-0.4, -0.2) is 101 Å².